The molecule has 0 fully saturated rings. The number of nitrogens with one attached hydrogen (secondary N) is 2. The number of methoxy groups -OCH3 is 1. The Bertz CT molecular complexity index is 1410. The van der Waals surface area contributed by atoms with Crippen molar-refractivity contribution in [1.29, 1.82) is 0 Å². The van der Waals surface area contributed by atoms with Crippen LogP contribution in [0.4, 0.5) is 10.6 Å². The Hall–Kier alpha value is -4.08. The number of rotatable bonds is 6. The molecule has 1 heterocycles. The molecule has 0 spiro atoms. The molecule has 1 aromatic heterocycles. The molecule has 4 aromatic rings. The molecule has 0 aliphatic carbocycles. The normalized spacial score (nSPS) is 10.1. The van der Waals surface area contributed by atoms with Crippen molar-refractivity contribution in [2.75, 3.05) is 19.5 Å². The summed E-state index contributed by atoms with van der Waals surface area (Å²) in [4.78, 5) is 27.9. The molecule has 9 nitrogen and oxygen atoms in total. The van der Waals surface area contributed by atoms with E-state index >= 15 is 0 Å². The molecule has 0 unspecified atom stereocenters. The van der Waals surface area contributed by atoms with Gasteiger partial charge < -0.3 is 29.7 Å². The zero-order chi connectivity index (χ0) is 31.9. The quantitative estimate of drug-likeness (QED) is 0.238. The van der Waals surface area contributed by atoms with Crippen LogP contribution in [0.25, 0.3) is 10.9 Å². The molecule has 0 saturated heterocycles. The third kappa shape index (κ3) is 10.7. The van der Waals surface area contributed by atoms with Gasteiger partial charge in [-0.25, -0.2) is 4.79 Å². The maximum absolute atomic E-state index is 11.9. The number of benzene rings is 3. The number of aromatic nitrogens is 2. The van der Waals surface area contributed by atoms with Crippen molar-refractivity contribution >= 4 is 59.6 Å². The lowest BCUT2D eigenvalue weighted by Gasteiger charge is -2.19. The van der Waals surface area contributed by atoms with Gasteiger partial charge in [-0.2, -0.15) is 5.10 Å². The van der Waals surface area contributed by atoms with Gasteiger partial charge >= 0.3 is 6.09 Å². The molecule has 0 bridgehead atoms. The van der Waals surface area contributed by atoms with E-state index in [4.69, 9.17) is 47.4 Å². The Kier molecular flexibility index (Phi) is 15.1. The molecule has 3 aromatic carbocycles. The fourth-order valence-corrected chi connectivity index (χ4v) is 4.12. The summed E-state index contributed by atoms with van der Waals surface area (Å²) in [6, 6.07) is 19.6. The largest absolute Gasteiger partial charge is 0.496 e. The zero-order valence-corrected chi connectivity index (χ0v) is 26.3. The molecule has 0 aliphatic rings. The Morgan fingerprint density at radius 1 is 0.976 bits per heavy atom. The summed E-state index contributed by atoms with van der Waals surface area (Å²) in [5, 5.41) is 12.9. The van der Waals surface area contributed by atoms with E-state index in [0.29, 0.717) is 23.1 Å². The lowest BCUT2D eigenvalue weighted by Crippen LogP contribution is -2.32. The highest BCUT2D eigenvalue weighted by atomic mass is 35.5. The van der Waals surface area contributed by atoms with E-state index in [1.807, 2.05) is 102 Å². The van der Waals surface area contributed by atoms with E-state index in [1.54, 1.807) is 13.2 Å². The standard InChI is InChI=1S/C22H28N4O3.C7H6Cl2.2CH2O/c1-22(2,3)29-21(27)24-13-15-8-6-9-16(12-15)14-26-17-10-7-11-18(28-5)19(17)20(23-4)25-26;1-5-3-2-4-6(8)7(5)9;2*1-2/h6-12H,13-14H2,1-5H3,(H,23,25)(H,24,27);2-4H,1H3;2*1H2. The first-order valence-electron chi connectivity index (χ1n) is 12.8. The summed E-state index contributed by atoms with van der Waals surface area (Å²) in [6.07, 6.45) is -0.424. The van der Waals surface area contributed by atoms with Crippen LogP contribution < -0.4 is 15.4 Å². The Morgan fingerprint density at radius 2 is 1.60 bits per heavy atom. The van der Waals surface area contributed by atoms with Crippen molar-refractivity contribution in [2.24, 2.45) is 0 Å². The van der Waals surface area contributed by atoms with Crippen LogP contribution in [-0.4, -0.2) is 49.2 Å². The number of fused-ring (bicyclic) bond motifs is 1. The van der Waals surface area contributed by atoms with Gasteiger partial charge in [0.1, 0.15) is 24.9 Å². The van der Waals surface area contributed by atoms with E-state index in [0.717, 1.165) is 39.2 Å². The number of alkyl carbamates (subject to hydrolysis) is 1. The summed E-state index contributed by atoms with van der Waals surface area (Å²) in [6.45, 7) is 12.5. The number of hydrogen-bond donors (Lipinski definition) is 2. The SMILES string of the molecule is C=O.C=O.CNc1nn(Cc2cccc(CNC(=O)OC(C)(C)C)c2)c2cccc(OC)c12.Cc1cccc(Cl)c1Cl. The number of aryl methyl sites for hydroxylation is 1. The van der Waals surface area contributed by atoms with Crippen molar-refractivity contribution in [3.8, 4) is 5.75 Å². The van der Waals surface area contributed by atoms with Crippen molar-refractivity contribution in [3.63, 3.8) is 0 Å². The van der Waals surface area contributed by atoms with Gasteiger partial charge in [-0.15, -0.1) is 0 Å². The molecule has 1 amide bonds. The third-order valence-electron chi connectivity index (χ3n) is 5.50. The van der Waals surface area contributed by atoms with E-state index < -0.39 is 11.7 Å². The van der Waals surface area contributed by atoms with Crippen molar-refractivity contribution in [1.82, 2.24) is 15.1 Å². The molecular formula is C31H38Cl2N4O5. The number of amides is 1. The fourth-order valence-electron chi connectivity index (χ4n) is 3.77. The zero-order valence-electron chi connectivity index (χ0n) is 24.8. The average molecular weight is 618 g/mol. The number of ether oxygens (including phenoxy) is 2. The first-order valence-corrected chi connectivity index (χ1v) is 13.5. The predicted octanol–water partition coefficient (Wildman–Crippen LogP) is 7.09. The highest BCUT2D eigenvalue weighted by Gasteiger charge is 2.16. The van der Waals surface area contributed by atoms with Crippen molar-refractivity contribution in [3.05, 3.63) is 87.4 Å². The second-order valence-electron chi connectivity index (χ2n) is 9.66. The highest BCUT2D eigenvalue weighted by Crippen LogP contribution is 2.32. The van der Waals surface area contributed by atoms with Gasteiger partial charge in [0, 0.05) is 13.6 Å². The minimum atomic E-state index is -0.515. The minimum Gasteiger partial charge on any atom is -0.496 e. The number of anilines is 1. The molecule has 11 heteroatoms. The van der Waals surface area contributed by atoms with Gasteiger partial charge in [-0.3, -0.25) is 4.68 Å². The Morgan fingerprint density at radius 3 is 2.17 bits per heavy atom. The summed E-state index contributed by atoms with van der Waals surface area (Å²) in [5.74, 6) is 1.56. The summed E-state index contributed by atoms with van der Waals surface area (Å²) >= 11 is 11.4. The molecule has 226 valence electrons. The molecular weight excluding hydrogens is 579 g/mol. The number of carbonyl (C=O) groups excluding carboxylic acids is 3. The van der Waals surface area contributed by atoms with Crippen LogP contribution in [0.1, 0.15) is 37.5 Å². The molecule has 0 atom stereocenters. The smallest absolute Gasteiger partial charge is 0.407 e. The molecule has 2 N–H and O–H groups in total. The second-order valence-corrected chi connectivity index (χ2v) is 10.4. The van der Waals surface area contributed by atoms with Gasteiger partial charge in [-0.05, 0) is 62.6 Å². The third-order valence-corrected chi connectivity index (χ3v) is 6.41. The number of carbonyl (C=O) groups is 3. The van der Waals surface area contributed by atoms with Gasteiger partial charge in [0.15, 0.2) is 5.82 Å². The average Bonchev–Trinajstić information content (AvgIpc) is 3.34. The van der Waals surface area contributed by atoms with Crippen LogP contribution in [0.5, 0.6) is 5.75 Å². The van der Waals surface area contributed by atoms with Gasteiger partial charge in [0.25, 0.3) is 0 Å². The van der Waals surface area contributed by atoms with Crippen LogP contribution in [0.2, 0.25) is 10.0 Å². The monoisotopic (exact) mass is 616 g/mol. The molecule has 4 rings (SSSR count). The Balaban J connectivity index is 0.000000569. The topological polar surface area (TPSA) is 112 Å². The van der Waals surface area contributed by atoms with Gasteiger partial charge in [-0.1, -0.05) is 65.7 Å². The second kappa shape index (κ2) is 17.7. The van der Waals surface area contributed by atoms with Gasteiger partial charge in [0.05, 0.1) is 34.6 Å². The van der Waals surface area contributed by atoms with Crippen LogP contribution in [0.3, 0.4) is 0 Å². The number of nitrogens with zero attached hydrogens (tertiary/aromatic N) is 2. The van der Waals surface area contributed by atoms with Crippen LogP contribution >= 0.6 is 23.2 Å². The maximum Gasteiger partial charge on any atom is 0.407 e. The maximum atomic E-state index is 11.9. The van der Waals surface area contributed by atoms with E-state index in [9.17, 15) is 4.79 Å². The van der Waals surface area contributed by atoms with E-state index in [-0.39, 0.29) is 0 Å². The fraction of sp³-hybridized carbons (Fsp3) is 0.290. The first kappa shape index (κ1) is 35.9. The van der Waals surface area contributed by atoms with Gasteiger partial charge in [0.2, 0.25) is 0 Å². The molecule has 0 aliphatic heterocycles. The van der Waals surface area contributed by atoms with E-state index in [2.05, 4.69) is 16.7 Å². The van der Waals surface area contributed by atoms with Crippen molar-refractivity contribution < 1.29 is 23.9 Å². The lowest BCUT2D eigenvalue weighted by molar-refractivity contribution is -0.0987. The lowest BCUT2D eigenvalue weighted by atomic mass is 10.1. The summed E-state index contributed by atoms with van der Waals surface area (Å²) < 4.78 is 12.7. The van der Waals surface area contributed by atoms with Crippen LogP contribution in [0.15, 0.2) is 60.7 Å². The highest BCUT2D eigenvalue weighted by molar-refractivity contribution is 6.42. The number of halogens is 2. The van der Waals surface area contributed by atoms with Crippen molar-refractivity contribution in [2.45, 2.75) is 46.4 Å². The number of hydrogen-bond acceptors (Lipinski definition) is 7. The molecule has 42 heavy (non-hydrogen) atoms. The van der Waals surface area contributed by atoms with Crippen LogP contribution in [-0.2, 0) is 27.4 Å². The Labute approximate surface area is 257 Å². The predicted molar refractivity (Wildman–Crippen MR) is 170 cm³/mol. The van der Waals surface area contributed by atoms with E-state index in [1.165, 1.54) is 0 Å². The van der Waals surface area contributed by atoms with Crippen LogP contribution in [0, 0.1) is 6.92 Å². The molecule has 0 radical (unpaired) electrons. The summed E-state index contributed by atoms with van der Waals surface area (Å²) in [7, 11) is 3.51. The molecule has 0 saturated carbocycles. The summed E-state index contributed by atoms with van der Waals surface area (Å²) in [5.41, 5.74) is 3.58. The minimum absolute atomic E-state index is 0.401. The first-order chi connectivity index (χ1) is 20.0.